The summed E-state index contributed by atoms with van der Waals surface area (Å²) < 4.78 is 63.9. The van der Waals surface area contributed by atoms with Crippen LogP contribution >= 0.6 is 23.2 Å². The van der Waals surface area contributed by atoms with Crippen molar-refractivity contribution in [2.45, 2.75) is 11.9 Å². The highest BCUT2D eigenvalue weighted by atomic mass is 35.5. The van der Waals surface area contributed by atoms with Crippen LogP contribution in [0.2, 0.25) is 10.0 Å². The number of nitrogens with one attached hydrogen (secondary N) is 1. The van der Waals surface area contributed by atoms with E-state index in [0.29, 0.717) is 17.3 Å². The van der Waals surface area contributed by atoms with Gasteiger partial charge in [-0.3, -0.25) is 9.71 Å². The molecule has 0 radical (unpaired) electrons. The molecule has 0 atom stereocenters. The van der Waals surface area contributed by atoms with Crippen LogP contribution in [0.5, 0.6) is 0 Å². The first kappa shape index (κ1) is 17.8. The van der Waals surface area contributed by atoms with Crippen molar-refractivity contribution in [3.05, 3.63) is 57.8 Å². The van der Waals surface area contributed by atoms with Gasteiger partial charge in [0.15, 0.2) is 0 Å². The number of anilines is 1. The van der Waals surface area contributed by atoms with Gasteiger partial charge in [0.25, 0.3) is 0 Å². The fourth-order valence-corrected chi connectivity index (χ4v) is 3.24. The Morgan fingerprint density at radius 1 is 1.13 bits per heavy atom. The third-order valence-electron chi connectivity index (χ3n) is 2.69. The van der Waals surface area contributed by atoms with Crippen LogP contribution in [-0.4, -0.2) is 13.4 Å². The fourth-order valence-electron chi connectivity index (χ4n) is 1.64. The number of sulfonamides is 1. The molecule has 0 spiro atoms. The quantitative estimate of drug-likeness (QED) is 0.852. The van der Waals surface area contributed by atoms with Crippen LogP contribution < -0.4 is 4.72 Å². The van der Waals surface area contributed by atoms with Crippen molar-refractivity contribution in [2.24, 2.45) is 0 Å². The Morgan fingerprint density at radius 3 is 2.26 bits per heavy atom. The summed E-state index contributed by atoms with van der Waals surface area (Å²) in [6.07, 6.45) is -4.06. The second kappa shape index (κ2) is 6.54. The first-order valence-electron chi connectivity index (χ1n) is 6.04. The highest BCUT2D eigenvalue weighted by Gasteiger charge is 2.32. The highest BCUT2D eigenvalue weighted by molar-refractivity contribution is 7.91. The summed E-state index contributed by atoms with van der Waals surface area (Å²) in [7, 11) is -3.89. The summed E-state index contributed by atoms with van der Waals surface area (Å²) in [5, 5.41) is 0.0571. The van der Waals surface area contributed by atoms with Crippen molar-refractivity contribution >= 4 is 38.9 Å². The van der Waals surface area contributed by atoms with E-state index in [2.05, 4.69) is 9.71 Å². The molecule has 1 aromatic carbocycles. The third kappa shape index (κ3) is 4.98. The summed E-state index contributed by atoms with van der Waals surface area (Å²) in [6, 6.07) is 6.51. The van der Waals surface area contributed by atoms with Crippen molar-refractivity contribution < 1.29 is 21.6 Å². The molecule has 1 heterocycles. The lowest BCUT2D eigenvalue weighted by molar-refractivity contribution is -0.137. The third-order valence-corrected chi connectivity index (χ3v) is 4.47. The summed E-state index contributed by atoms with van der Waals surface area (Å²) in [6.45, 7) is 0. The molecule has 0 saturated carbocycles. The predicted octanol–water partition coefficient (Wildman–Crippen LogP) is 4.35. The Hall–Kier alpha value is -1.51. The van der Waals surface area contributed by atoms with Crippen LogP contribution in [0.25, 0.3) is 0 Å². The van der Waals surface area contributed by atoms with E-state index in [0.717, 1.165) is 0 Å². The van der Waals surface area contributed by atoms with E-state index in [9.17, 15) is 21.6 Å². The second-order valence-electron chi connectivity index (χ2n) is 4.52. The van der Waals surface area contributed by atoms with Gasteiger partial charge in [0.05, 0.1) is 16.3 Å². The van der Waals surface area contributed by atoms with Gasteiger partial charge in [-0.15, -0.1) is 0 Å². The van der Waals surface area contributed by atoms with Gasteiger partial charge in [0.1, 0.15) is 5.75 Å². The maximum atomic E-state index is 12.5. The molecule has 0 amide bonds. The Kier molecular flexibility index (Phi) is 5.07. The topological polar surface area (TPSA) is 59.1 Å². The van der Waals surface area contributed by atoms with E-state index < -0.39 is 27.5 Å². The molecule has 0 aliphatic carbocycles. The minimum Gasteiger partial charge on any atom is -0.283 e. The number of alkyl halides is 3. The predicted molar refractivity (Wildman–Crippen MR) is 81.9 cm³/mol. The largest absolute Gasteiger partial charge is 0.417 e. The molecule has 124 valence electrons. The molecule has 4 nitrogen and oxygen atoms in total. The van der Waals surface area contributed by atoms with Gasteiger partial charge in [-0.25, -0.2) is 8.42 Å². The van der Waals surface area contributed by atoms with Gasteiger partial charge in [-0.05, 0) is 30.3 Å². The molecule has 2 aromatic rings. The lowest BCUT2D eigenvalue weighted by Crippen LogP contribution is -2.16. The van der Waals surface area contributed by atoms with E-state index in [1.807, 2.05) is 0 Å². The number of benzene rings is 1. The number of nitrogens with zero attached hydrogens (tertiary/aromatic N) is 1. The van der Waals surface area contributed by atoms with E-state index in [1.165, 1.54) is 24.3 Å². The molecule has 2 rings (SSSR count). The first-order chi connectivity index (χ1) is 10.6. The SMILES string of the molecule is O=S(=O)(Cc1ncc(C(F)(F)F)cc1Cl)Nc1ccc(Cl)cc1. The maximum absolute atomic E-state index is 12.5. The molecule has 0 fully saturated rings. The van der Waals surface area contributed by atoms with Gasteiger partial charge in [0, 0.05) is 16.9 Å². The number of hydrogen-bond acceptors (Lipinski definition) is 3. The molecule has 0 bridgehead atoms. The van der Waals surface area contributed by atoms with Crippen molar-refractivity contribution in [3.63, 3.8) is 0 Å². The van der Waals surface area contributed by atoms with Crippen LogP contribution in [0, 0.1) is 0 Å². The summed E-state index contributed by atoms with van der Waals surface area (Å²) in [5.74, 6) is -0.660. The van der Waals surface area contributed by atoms with E-state index >= 15 is 0 Å². The smallest absolute Gasteiger partial charge is 0.283 e. The molecule has 1 N–H and O–H groups in total. The average molecular weight is 385 g/mol. The van der Waals surface area contributed by atoms with Gasteiger partial charge in [-0.2, -0.15) is 13.2 Å². The van der Waals surface area contributed by atoms with Crippen molar-refractivity contribution in [3.8, 4) is 0 Å². The molecule has 23 heavy (non-hydrogen) atoms. The van der Waals surface area contributed by atoms with Crippen molar-refractivity contribution in [1.29, 1.82) is 0 Å². The van der Waals surface area contributed by atoms with E-state index in [4.69, 9.17) is 23.2 Å². The molecule has 10 heteroatoms. The number of aromatic nitrogens is 1. The number of hydrogen-bond donors (Lipinski definition) is 1. The first-order valence-corrected chi connectivity index (χ1v) is 8.45. The fraction of sp³-hybridized carbons (Fsp3) is 0.154. The van der Waals surface area contributed by atoms with Gasteiger partial charge in [0.2, 0.25) is 10.0 Å². The second-order valence-corrected chi connectivity index (χ2v) is 7.08. The van der Waals surface area contributed by atoms with E-state index in [1.54, 1.807) is 0 Å². The molecule has 0 aliphatic heterocycles. The summed E-state index contributed by atoms with van der Waals surface area (Å²) in [4.78, 5) is 3.49. The summed E-state index contributed by atoms with van der Waals surface area (Å²) >= 11 is 11.4. The van der Waals surface area contributed by atoms with Crippen LogP contribution in [0.3, 0.4) is 0 Å². The normalized spacial score (nSPS) is 12.2. The summed E-state index contributed by atoms with van der Waals surface area (Å²) in [5.41, 5.74) is -0.965. The van der Waals surface area contributed by atoms with Crippen LogP contribution in [0.4, 0.5) is 18.9 Å². The zero-order chi connectivity index (χ0) is 17.3. The number of pyridine rings is 1. The Bertz CT molecular complexity index is 809. The minimum absolute atomic E-state index is 0.180. The average Bonchev–Trinajstić information content (AvgIpc) is 2.42. The van der Waals surface area contributed by atoms with E-state index in [-0.39, 0.29) is 16.4 Å². The van der Waals surface area contributed by atoms with Crippen molar-refractivity contribution in [1.82, 2.24) is 4.98 Å². The van der Waals surface area contributed by atoms with Crippen LogP contribution in [0.15, 0.2) is 36.5 Å². The van der Waals surface area contributed by atoms with Crippen LogP contribution in [-0.2, 0) is 22.0 Å². The highest BCUT2D eigenvalue weighted by Crippen LogP contribution is 2.31. The van der Waals surface area contributed by atoms with Gasteiger partial charge >= 0.3 is 6.18 Å². The molecular weight excluding hydrogens is 376 g/mol. The lowest BCUT2D eigenvalue weighted by Gasteiger charge is -2.11. The zero-order valence-corrected chi connectivity index (χ0v) is 13.6. The zero-order valence-electron chi connectivity index (χ0n) is 11.2. The van der Waals surface area contributed by atoms with Crippen LogP contribution in [0.1, 0.15) is 11.3 Å². The Balaban J connectivity index is 2.19. The minimum atomic E-state index is -4.60. The molecule has 0 aliphatic rings. The Labute approximate surface area is 140 Å². The number of halogens is 5. The standard InChI is InChI=1S/C13H9Cl2F3N2O2S/c14-9-1-3-10(4-2-9)20-23(21,22)7-12-11(15)5-8(6-19-12)13(16,17)18/h1-6,20H,7H2. The van der Waals surface area contributed by atoms with Gasteiger partial charge < -0.3 is 0 Å². The number of rotatable bonds is 4. The Morgan fingerprint density at radius 2 is 1.74 bits per heavy atom. The lowest BCUT2D eigenvalue weighted by atomic mass is 10.2. The maximum Gasteiger partial charge on any atom is 0.417 e. The van der Waals surface area contributed by atoms with Crippen molar-refractivity contribution in [2.75, 3.05) is 4.72 Å². The van der Waals surface area contributed by atoms with Gasteiger partial charge in [-0.1, -0.05) is 23.2 Å². The monoisotopic (exact) mass is 384 g/mol. The molecule has 0 unspecified atom stereocenters. The molecule has 1 aromatic heterocycles. The molecule has 0 saturated heterocycles. The molecular formula is C13H9Cl2F3N2O2S.